The molecule has 0 fully saturated rings. The van der Waals surface area contributed by atoms with Crippen LogP contribution in [0.3, 0.4) is 0 Å². The molecule has 0 spiro atoms. The molecular formula is C23H23N7O2. The average molecular weight is 429 g/mol. The molecule has 1 aromatic heterocycles. The van der Waals surface area contributed by atoms with Gasteiger partial charge >= 0.3 is 0 Å². The zero-order valence-corrected chi connectivity index (χ0v) is 17.7. The highest BCUT2D eigenvalue weighted by Gasteiger charge is 2.10. The molecular weight excluding hydrogens is 406 g/mol. The van der Waals surface area contributed by atoms with E-state index >= 15 is 0 Å². The number of benzene rings is 2. The molecule has 0 atom stereocenters. The van der Waals surface area contributed by atoms with Crippen LogP contribution in [0.4, 0.5) is 11.4 Å². The number of carbonyl (C=O) groups is 2. The van der Waals surface area contributed by atoms with E-state index in [9.17, 15) is 9.59 Å². The fourth-order valence-corrected chi connectivity index (χ4v) is 2.75. The molecule has 9 nitrogen and oxygen atoms in total. The zero-order chi connectivity index (χ0) is 23.1. The largest absolute Gasteiger partial charge is 0.398 e. The van der Waals surface area contributed by atoms with E-state index in [0.717, 1.165) is 0 Å². The summed E-state index contributed by atoms with van der Waals surface area (Å²) in [4.78, 5) is 29.1. The van der Waals surface area contributed by atoms with Crippen molar-refractivity contribution in [1.29, 1.82) is 0 Å². The van der Waals surface area contributed by atoms with Crippen molar-refractivity contribution in [2.45, 2.75) is 13.8 Å². The van der Waals surface area contributed by atoms with Gasteiger partial charge in [-0.3, -0.25) is 9.59 Å². The van der Waals surface area contributed by atoms with Gasteiger partial charge in [0.15, 0.2) is 0 Å². The van der Waals surface area contributed by atoms with E-state index in [1.165, 1.54) is 0 Å². The Morgan fingerprint density at radius 2 is 1.09 bits per heavy atom. The number of aromatic nitrogens is 1. The van der Waals surface area contributed by atoms with Crippen molar-refractivity contribution < 1.29 is 9.59 Å². The summed E-state index contributed by atoms with van der Waals surface area (Å²) >= 11 is 0. The molecule has 0 aliphatic carbocycles. The molecule has 9 heteroatoms. The summed E-state index contributed by atoms with van der Waals surface area (Å²) in [6.45, 7) is 3.43. The summed E-state index contributed by atoms with van der Waals surface area (Å²) in [6.07, 6.45) is 0. The molecule has 0 aliphatic rings. The van der Waals surface area contributed by atoms with Gasteiger partial charge in [-0.25, -0.2) is 15.8 Å². The molecule has 0 bridgehead atoms. The number of hydrazone groups is 2. The highest BCUT2D eigenvalue weighted by atomic mass is 16.2. The Morgan fingerprint density at radius 3 is 1.50 bits per heavy atom. The number of nitrogens with two attached hydrogens (primary N) is 2. The van der Waals surface area contributed by atoms with Gasteiger partial charge in [0, 0.05) is 11.4 Å². The van der Waals surface area contributed by atoms with Crippen molar-refractivity contribution in [2.24, 2.45) is 10.2 Å². The fraction of sp³-hybridized carbons (Fsp3) is 0.0870. The smallest absolute Gasteiger partial charge is 0.273 e. The van der Waals surface area contributed by atoms with Gasteiger partial charge in [0.25, 0.3) is 11.8 Å². The van der Waals surface area contributed by atoms with E-state index in [-0.39, 0.29) is 0 Å². The highest BCUT2D eigenvalue weighted by molar-refractivity contribution is 6.04. The number of rotatable bonds is 6. The van der Waals surface area contributed by atoms with E-state index in [1.807, 2.05) is 0 Å². The Balaban J connectivity index is 1.71. The second kappa shape index (κ2) is 9.98. The van der Waals surface area contributed by atoms with Crippen LogP contribution in [0.15, 0.2) is 76.9 Å². The minimum absolute atomic E-state index is 0.337. The Kier molecular flexibility index (Phi) is 6.92. The third-order valence-corrected chi connectivity index (χ3v) is 4.55. The van der Waals surface area contributed by atoms with Crippen LogP contribution in [-0.4, -0.2) is 28.2 Å². The van der Waals surface area contributed by atoms with E-state index in [2.05, 4.69) is 26.0 Å². The molecule has 162 valence electrons. The van der Waals surface area contributed by atoms with Crippen LogP contribution in [0.2, 0.25) is 0 Å². The minimum Gasteiger partial charge on any atom is -0.398 e. The van der Waals surface area contributed by atoms with Crippen molar-refractivity contribution in [3.05, 3.63) is 89.2 Å². The number of anilines is 2. The lowest BCUT2D eigenvalue weighted by molar-refractivity contribution is 0.0947. The standard InChI is InChI=1S/C23H23N7O2/c1-14(27-29-22(31)16-8-3-5-10-18(16)24)20-12-7-13-21(26-20)15(2)28-30-23(32)17-9-4-6-11-19(17)25/h3-13H,24-25H2,1-2H3,(H,29,31)(H,30,32). The van der Waals surface area contributed by atoms with E-state index in [1.54, 1.807) is 80.6 Å². The lowest BCUT2D eigenvalue weighted by Crippen LogP contribution is -2.21. The first-order valence-corrected chi connectivity index (χ1v) is 9.73. The van der Waals surface area contributed by atoms with Crippen LogP contribution >= 0.6 is 0 Å². The predicted molar refractivity (Wildman–Crippen MR) is 125 cm³/mol. The fourth-order valence-electron chi connectivity index (χ4n) is 2.75. The van der Waals surface area contributed by atoms with Gasteiger partial charge in [0.05, 0.1) is 33.9 Å². The van der Waals surface area contributed by atoms with Crippen molar-refractivity contribution in [3.8, 4) is 0 Å². The first-order chi connectivity index (χ1) is 15.4. The van der Waals surface area contributed by atoms with E-state index in [4.69, 9.17) is 11.5 Å². The molecule has 1 heterocycles. The Morgan fingerprint density at radius 1 is 0.688 bits per heavy atom. The Labute approximate surface area is 185 Å². The number of hydrogen-bond donors (Lipinski definition) is 4. The van der Waals surface area contributed by atoms with Crippen LogP contribution in [-0.2, 0) is 0 Å². The lowest BCUT2D eigenvalue weighted by Gasteiger charge is -2.07. The molecule has 6 N–H and O–H groups in total. The second-order valence-electron chi connectivity index (χ2n) is 6.86. The zero-order valence-electron chi connectivity index (χ0n) is 17.7. The Hall–Kier alpha value is -4.53. The highest BCUT2D eigenvalue weighted by Crippen LogP contribution is 2.11. The number of nitrogen functional groups attached to an aromatic ring is 2. The molecule has 0 saturated carbocycles. The summed E-state index contributed by atoms with van der Waals surface area (Å²) < 4.78 is 0. The second-order valence-corrected chi connectivity index (χ2v) is 6.86. The number of pyridine rings is 1. The van der Waals surface area contributed by atoms with Gasteiger partial charge in [0.1, 0.15) is 0 Å². The number of carbonyl (C=O) groups excluding carboxylic acids is 2. The van der Waals surface area contributed by atoms with Crippen LogP contribution in [0.25, 0.3) is 0 Å². The molecule has 3 aromatic rings. The lowest BCUT2D eigenvalue weighted by atomic mass is 10.2. The molecule has 2 amide bonds. The molecule has 32 heavy (non-hydrogen) atoms. The van der Waals surface area contributed by atoms with Gasteiger partial charge in [-0.2, -0.15) is 10.2 Å². The molecule has 3 rings (SSSR count). The monoisotopic (exact) mass is 429 g/mol. The van der Waals surface area contributed by atoms with Gasteiger partial charge in [-0.15, -0.1) is 0 Å². The number of nitrogens with zero attached hydrogens (tertiary/aromatic N) is 3. The normalized spacial score (nSPS) is 11.7. The number of para-hydroxylation sites is 2. The maximum Gasteiger partial charge on any atom is 0.273 e. The quantitative estimate of drug-likeness (QED) is 0.270. The van der Waals surface area contributed by atoms with Crippen LogP contribution in [0, 0.1) is 0 Å². The number of nitrogens with one attached hydrogen (secondary N) is 2. The first kappa shape index (κ1) is 22.2. The first-order valence-electron chi connectivity index (χ1n) is 9.73. The third-order valence-electron chi connectivity index (χ3n) is 4.55. The molecule has 0 unspecified atom stereocenters. The number of amides is 2. The van der Waals surface area contributed by atoms with Crippen molar-refractivity contribution in [1.82, 2.24) is 15.8 Å². The van der Waals surface area contributed by atoms with Crippen molar-refractivity contribution in [2.75, 3.05) is 11.5 Å². The topological polar surface area (TPSA) is 148 Å². The predicted octanol–water partition coefficient (Wildman–Crippen LogP) is 2.55. The van der Waals surface area contributed by atoms with Crippen LogP contribution in [0.5, 0.6) is 0 Å². The average Bonchev–Trinajstić information content (AvgIpc) is 2.81. The third kappa shape index (κ3) is 5.33. The van der Waals surface area contributed by atoms with Crippen LogP contribution < -0.4 is 22.3 Å². The van der Waals surface area contributed by atoms with E-state index in [0.29, 0.717) is 45.3 Å². The molecule has 0 saturated heterocycles. The van der Waals surface area contributed by atoms with E-state index < -0.39 is 11.8 Å². The summed E-state index contributed by atoms with van der Waals surface area (Å²) in [5, 5.41) is 8.22. The maximum absolute atomic E-state index is 12.3. The maximum atomic E-state index is 12.3. The minimum atomic E-state index is -0.417. The molecule has 0 radical (unpaired) electrons. The van der Waals surface area contributed by atoms with Gasteiger partial charge < -0.3 is 11.5 Å². The summed E-state index contributed by atoms with van der Waals surface area (Å²) in [5.41, 5.74) is 20.1. The van der Waals surface area contributed by atoms with Crippen molar-refractivity contribution >= 4 is 34.6 Å². The van der Waals surface area contributed by atoms with Crippen molar-refractivity contribution in [3.63, 3.8) is 0 Å². The summed E-state index contributed by atoms with van der Waals surface area (Å²) in [7, 11) is 0. The SMILES string of the molecule is CC(=NNC(=O)c1ccccc1N)c1cccc(C(C)=NNC(=O)c2ccccc2N)n1. The van der Waals surface area contributed by atoms with Gasteiger partial charge in [0.2, 0.25) is 0 Å². The summed E-state index contributed by atoms with van der Waals surface area (Å²) in [6, 6.07) is 18.7. The van der Waals surface area contributed by atoms with Gasteiger partial charge in [-0.1, -0.05) is 30.3 Å². The Bertz CT molecular complexity index is 1130. The molecule has 2 aromatic carbocycles. The van der Waals surface area contributed by atoms with Gasteiger partial charge in [-0.05, 0) is 50.2 Å². The summed E-state index contributed by atoms with van der Waals surface area (Å²) in [5.74, 6) is -0.835. The molecule has 0 aliphatic heterocycles. The van der Waals surface area contributed by atoms with Crippen LogP contribution in [0.1, 0.15) is 46.0 Å². The number of hydrogen-bond acceptors (Lipinski definition) is 7.